The normalized spacial score (nSPS) is 47.2. The fraction of sp³-hybridized carbons (Fsp3) is 0.921. The van der Waals surface area contributed by atoms with E-state index in [0.29, 0.717) is 17.8 Å². The molecule has 270 valence electrons. The molecule has 0 bridgehead atoms. The highest BCUT2D eigenvalue weighted by Crippen LogP contribution is 2.89. The zero-order chi connectivity index (χ0) is 34.8. The molecule has 7 fully saturated rings. The molecule has 0 aromatic rings. The van der Waals surface area contributed by atoms with Crippen molar-refractivity contribution in [3.8, 4) is 0 Å². The first-order chi connectivity index (χ1) is 22.4. The standard InChI is InChI=1S/C38H60N2O8/c1-21(2)29(48-33(45)40-16-9-17-40)23-18-22(3)28-30(46-23)31(43)36(7)25-11-10-24-34(4,5)26(47-32(44)39(8)19-27(41)42)12-13-37(24)20-38(25,37)15-14-35(28,36)6/h21-26,28-31,43H,9-20H2,1-8H3,(H,41,42)/t22-,23?,24+,25?,26+,28+,29-,30?,31+,35-,36-,37-,38+/m1/s1. The number of likely N-dealkylation sites (tertiary alicyclic amines) is 1. The number of carbonyl (C=O) groups is 3. The van der Waals surface area contributed by atoms with Gasteiger partial charge in [0.1, 0.15) is 18.8 Å². The quantitative estimate of drug-likeness (QED) is 0.342. The second kappa shape index (κ2) is 11.2. The molecule has 7 aliphatic rings. The summed E-state index contributed by atoms with van der Waals surface area (Å²) in [5.41, 5.74) is -0.253. The second-order valence-corrected chi connectivity index (χ2v) is 18.6. The zero-order valence-electron chi connectivity index (χ0n) is 30.5. The molecule has 10 nitrogen and oxygen atoms in total. The van der Waals surface area contributed by atoms with E-state index in [4.69, 9.17) is 14.2 Å². The molecular formula is C38H60N2O8. The van der Waals surface area contributed by atoms with Gasteiger partial charge < -0.3 is 34.2 Å². The summed E-state index contributed by atoms with van der Waals surface area (Å²) in [5, 5.41) is 21.8. The maximum Gasteiger partial charge on any atom is 0.410 e. The highest BCUT2D eigenvalue weighted by atomic mass is 16.6. The van der Waals surface area contributed by atoms with E-state index in [9.17, 15) is 24.6 Å². The number of hydrogen-bond acceptors (Lipinski definition) is 7. The first-order valence-electron chi connectivity index (χ1n) is 18.9. The van der Waals surface area contributed by atoms with Crippen LogP contribution in [0.15, 0.2) is 0 Å². The van der Waals surface area contributed by atoms with Crippen molar-refractivity contribution in [1.29, 1.82) is 0 Å². The molecule has 2 amide bonds. The van der Waals surface area contributed by atoms with Crippen LogP contribution in [0, 0.1) is 56.7 Å². The van der Waals surface area contributed by atoms with Crippen molar-refractivity contribution in [3.63, 3.8) is 0 Å². The molecule has 2 aliphatic heterocycles. The Labute approximate surface area is 286 Å². The van der Waals surface area contributed by atoms with Crippen LogP contribution in [-0.2, 0) is 19.0 Å². The minimum absolute atomic E-state index is 0.0629. The number of hydrogen-bond donors (Lipinski definition) is 2. The monoisotopic (exact) mass is 672 g/mol. The Bertz CT molecular complexity index is 1330. The van der Waals surface area contributed by atoms with E-state index < -0.39 is 18.2 Å². The third-order valence-corrected chi connectivity index (χ3v) is 16.1. The number of aliphatic hydroxyl groups is 1. The van der Waals surface area contributed by atoms with Crippen molar-refractivity contribution in [3.05, 3.63) is 0 Å². The van der Waals surface area contributed by atoms with Gasteiger partial charge >= 0.3 is 18.2 Å². The summed E-state index contributed by atoms with van der Waals surface area (Å²) in [6.07, 6.45) is 6.59. The molecular weight excluding hydrogens is 612 g/mol. The van der Waals surface area contributed by atoms with Gasteiger partial charge in [-0.2, -0.15) is 0 Å². The summed E-state index contributed by atoms with van der Waals surface area (Å²) in [4.78, 5) is 39.9. The van der Waals surface area contributed by atoms with Crippen molar-refractivity contribution in [2.45, 2.75) is 137 Å². The van der Waals surface area contributed by atoms with Gasteiger partial charge in [-0.15, -0.1) is 0 Å². The Morgan fingerprint density at radius 1 is 1.00 bits per heavy atom. The maximum atomic E-state index is 12.9. The SMILES string of the molecule is CC(C)[C@@H](OC(=O)N1CCC1)C1C[C@@H](C)[C@H]2C(O1)[C@H](O)[C@@]1(C)C3CC[C@H]4C(C)(C)[C@@H](OC(=O)N(C)CC(=O)O)CC[C@@]45C[C@@]35CC[C@]21C. The second-order valence-electron chi connectivity index (χ2n) is 18.6. The van der Waals surface area contributed by atoms with Crippen LogP contribution in [0.2, 0.25) is 0 Å². The van der Waals surface area contributed by atoms with Crippen LogP contribution in [0.1, 0.15) is 106 Å². The predicted molar refractivity (Wildman–Crippen MR) is 178 cm³/mol. The Morgan fingerprint density at radius 3 is 2.29 bits per heavy atom. The van der Waals surface area contributed by atoms with Crippen molar-refractivity contribution in [1.82, 2.24) is 9.80 Å². The molecule has 5 saturated carbocycles. The zero-order valence-corrected chi connectivity index (χ0v) is 30.5. The van der Waals surface area contributed by atoms with Crippen molar-refractivity contribution in [2.24, 2.45) is 56.7 Å². The topological polar surface area (TPSA) is 126 Å². The van der Waals surface area contributed by atoms with E-state index >= 15 is 0 Å². The lowest BCUT2D eigenvalue weighted by atomic mass is 9.41. The summed E-state index contributed by atoms with van der Waals surface area (Å²) < 4.78 is 19.2. The van der Waals surface area contributed by atoms with E-state index in [1.165, 1.54) is 13.5 Å². The molecule has 2 heterocycles. The molecule has 5 aliphatic carbocycles. The molecule has 2 saturated heterocycles. The number of fused-ring (bicyclic) bond motifs is 4. The number of nitrogens with zero attached hydrogens (tertiary/aromatic N) is 2. The van der Waals surface area contributed by atoms with Gasteiger partial charge in [0.2, 0.25) is 0 Å². The highest BCUT2D eigenvalue weighted by Gasteiger charge is 2.84. The fourth-order valence-electron chi connectivity index (χ4n) is 13.5. The van der Waals surface area contributed by atoms with Crippen molar-refractivity contribution < 1.29 is 38.8 Å². The van der Waals surface area contributed by atoms with Crippen LogP contribution in [-0.4, -0.2) is 95.4 Å². The smallest absolute Gasteiger partial charge is 0.410 e. The molecule has 2 spiro atoms. The van der Waals surface area contributed by atoms with Crippen LogP contribution in [0.4, 0.5) is 9.59 Å². The van der Waals surface area contributed by atoms with Gasteiger partial charge in [-0.1, -0.05) is 48.5 Å². The Balaban J connectivity index is 1.12. The lowest BCUT2D eigenvalue weighted by molar-refractivity contribution is -0.185. The molecule has 13 atom stereocenters. The number of aliphatic carboxylic acids is 1. The highest BCUT2D eigenvalue weighted by molar-refractivity contribution is 5.76. The fourth-order valence-corrected chi connectivity index (χ4v) is 13.5. The van der Waals surface area contributed by atoms with E-state index in [1.54, 1.807) is 4.90 Å². The number of ether oxygens (including phenoxy) is 3. The Kier molecular flexibility index (Phi) is 8.03. The van der Waals surface area contributed by atoms with Crippen LogP contribution >= 0.6 is 0 Å². The number of carboxylic acids is 1. The van der Waals surface area contributed by atoms with Gasteiger partial charge in [-0.3, -0.25) is 4.79 Å². The van der Waals surface area contributed by atoms with Crippen LogP contribution in [0.25, 0.3) is 0 Å². The minimum Gasteiger partial charge on any atom is -0.480 e. The molecule has 3 unspecified atom stereocenters. The van der Waals surface area contributed by atoms with Crippen LogP contribution in [0.3, 0.4) is 0 Å². The molecule has 10 heteroatoms. The number of carboxylic acid groups (broad SMARTS) is 1. The Hall–Kier alpha value is -2.07. The average molecular weight is 673 g/mol. The first kappa shape index (κ1) is 34.4. The van der Waals surface area contributed by atoms with Gasteiger partial charge in [0, 0.05) is 31.0 Å². The summed E-state index contributed by atoms with van der Waals surface area (Å²) in [6, 6.07) is 0. The number of carbonyl (C=O) groups excluding carboxylic acids is 2. The average Bonchev–Trinajstić information content (AvgIpc) is 3.60. The third kappa shape index (κ3) is 4.51. The molecule has 0 aromatic carbocycles. The predicted octanol–water partition coefficient (Wildman–Crippen LogP) is 6.19. The van der Waals surface area contributed by atoms with Gasteiger partial charge in [-0.05, 0) is 104 Å². The van der Waals surface area contributed by atoms with E-state index in [2.05, 4.69) is 48.5 Å². The molecule has 2 N–H and O–H groups in total. The van der Waals surface area contributed by atoms with Crippen molar-refractivity contribution in [2.75, 3.05) is 26.7 Å². The summed E-state index contributed by atoms with van der Waals surface area (Å²) >= 11 is 0. The van der Waals surface area contributed by atoms with Gasteiger partial charge in [0.25, 0.3) is 0 Å². The molecule has 0 aromatic heterocycles. The molecule has 7 rings (SSSR count). The van der Waals surface area contributed by atoms with E-state index in [0.717, 1.165) is 69.4 Å². The largest absolute Gasteiger partial charge is 0.480 e. The van der Waals surface area contributed by atoms with Crippen LogP contribution < -0.4 is 0 Å². The maximum absolute atomic E-state index is 12.9. The lowest BCUT2D eigenvalue weighted by Crippen LogP contribution is -2.60. The van der Waals surface area contributed by atoms with Gasteiger partial charge in [0.15, 0.2) is 0 Å². The number of aliphatic hydroxyl groups excluding tert-OH is 1. The lowest BCUT2D eigenvalue weighted by Gasteiger charge is -2.63. The van der Waals surface area contributed by atoms with Crippen LogP contribution in [0.5, 0.6) is 0 Å². The van der Waals surface area contributed by atoms with E-state index in [-0.39, 0.29) is 76.0 Å². The number of amides is 2. The number of rotatable bonds is 6. The third-order valence-electron chi connectivity index (χ3n) is 16.1. The minimum atomic E-state index is -1.05. The van der Waals surface area contributed by atoms with Gasteiger partial charge in [0.05, 0.1) is 18.3 Å². The Morgan fingerprint density at radius 2 is 1.67 bits per heavy atom. The molecule has 0 radical (unpaired) electrons. The summed E-state index contributed by atoms with van der Waals surface area (Å²) in [6.45, 7) is 17.0. The molecule has 48 heavy (non-hydrogen) atoms. The van der Waals surface area contributed by atoms with Gasteiger partial charge in [-0.25, -0.2) is 9.59 Å². The van der Waals surface area contributed by atoms with E-state index in [1.807, 2.05) is 0 Å². The summed E-state index contributed by atoms with van der Waals surface area (Å²) in [5.74, 6) is 0.418. The van der Waals surface area contributed by atoms with Crippen molar-refractivity contribution >= 4 is 18.2 Å². The summed E-state index contributed by atoms with van der Waals surface area (Å²) in [7, 11) is 1.48. The number of likely N-dealkylation sites (N-methyl/N-ethyl adjacent to an activating group) is 1. The first-order valence-corrected chi connectivity index (χ1v) is 18.9.